The van der Waals surface area contributed by atoms with Crippen LogP contribution in [0.3, 0.4) is 0 Å². The van der Waals surface area contributed by atoms with Crippen molar-refractivity contribution in [3.63, 3.8) is 0 Å². The van der Waals surface area contributed by atoms with Crippen LogP contribution in [0.5, 0.6) is 0 Å². The van der Waals surface area contributed by atoms with Crippen molar-refractivity contribution in [3.05, 3.63) is 12.2 Å². The van der Waals surface area contributed by atoms with E-state index in [0.29, 0.717) is 0 Å². The van der Waals surface area contributed by atoms with Gasteiger partial charge in [-0.25, -0.2) is 0 Å². The predicted octanol–water partition coefficient (Wildman–Crippen LogP) is 2.82. The van der Waals surface area contributed by atoms with Crippen LogP contribution in [0.2, 0.25) is 0 Å². The number of allylic oxidation sites excluding steroid dienone is 2. The Balaban J connectivity index is 0. The molecule has 1 amide bonds. The van der Waals surface area contributed by atoms with Crippen LogP contribution in [-0.2, 0) is 4.79 Å². The van der Waals surface area contributed by atoms with Crippen LogP contribution in [-0.4, -0.2) is 12.2 Å². The molecule has 1 saturated carbocycles. The number of hydrogen-bond acceptors (Lipinski definition) is 2. The van der Waals surface area contributed by atoms with Gasteiger partial charge in [-0.05, 0) is 31.1 Å². The number of nitrogens with one attached hydrogen (secondary N) is 1. The normalized spacial score (nSPS) is 16.2. The summed E-state index contributed by atoms with van der Waals surface area (Å²) in [7, 11) is 0. The van der Waals surface area contributed by atoms with E-state index in [1.807, 2.05) is 0 Å². The van der Waals surface area contributed by atoms with Crippen LogP contribution in [0, 0.1) is 17.2 Å². The van der Waals surface area contributed by atoms with Gasteiger partial charge in [0.1, 0.15) is 0 Å². The smallest absolute Gasteiger partial charge is 0.214 e. The van der Waals surface area contributed by atoms with Crippen molar-refractivity contribution in [2.75, 3.05) is 0 Å². The van der Waals surface area contributed by atoms with E-state index >= 15 is 0 Å². The van der Waals surface area contributed by atoms with E-state index in [4.69, 9.17) is 5.41 Å². The van der Waals surface area contributed by atoms with Gasteiger partial charge in [-0.1, -0.05) is 38.8 Å². The standard InChI is InChI=1S/C11H20.C2H5NO.CH4N2/c1-3-4-7-10(2)11-8-5-6-9-11;1-2(3)4;2-1-3/h4,7,10-11H,3,5-6,8-9H2,1-2H3;1H3,(H2,3,4);1H,(H3,2,3)/b7-4+;;. The van der Waals surface area contributed by atoms with Crippen molar-refractivity contribution < 1.29 is 4.79 Å². The van der Waals surface area contributed by atoms with Gasteiger partial charge in [-0.3, -0.25) is 10.2 Å². The Hall–Kier alpha value is -1.32. The Morgan fingerprint density at radius 2 is 1.83 bits per heavy atom. The molecule has 0 aromatic rings. The highest BCUT2D eigenvalue weighted by Gasteiger charge is 2.18. The van der Waals surface area contributed by atoms with Gasteiger partial charge in [-0.15, -0.1) is 0 Å². The molecular formula is C14H29N3O. The summed E-state index contributed by atoms with van der Waals surface area (Å²) in [5.74, 6) is 1.50. The van der Waals surface area contributed by atoms with E-state index in [2.05, 4.69) is 37.5 Å². The van der Waals surface area contributed by atoms with Crippen molar-refractivity contribution >= 4 is 12.2 Å². The first-order valence-electron chi connectivity index (χ1n) is 6.62. The van der Waals surface area contributed by atoms with Gasteiger partial charge in [0.2, 0.25) is 5.91 Å². The van der Waals surface area contributed by atoms with Crippen molar-refractivity contribution in [1.29, 1.82) is 5.41 Å². The molecule has 0 radical (unpaired) electrons. The third-order valence-electron chi connectivity index (χ3n) is 2.82. The first-order valence-corrected chi connectivity index (χ1v) is 6.62. The lowest BCUT2D eigenvalue weighted by Gasteiger charge is -2.13. The molecule has 0 spiro atoms. The summed E-state index contributed by atoms with van der Waals surface area (Å²) < 4.78 is 0. The third-order valence-corrected chi connectivity index (χ3v) is 2.82. The fourth-order valence-electron chi connectivity index (χ4n) is 1.99. The molecule has 0 aromatic heterocycles. The van der Waals surface area contributed by atoms with E-state index in [-0.39, 0.29) is 5.91 Å². The zero-order valence-corrected chi connectivity index (χ0v) is 12.0. The van der Waals surface area contributed by atoms with Crippen molar-refractivity contribution in [2.24, 2.45) is 23.3 Å². The van der Waals surface area contributed by atoms with Crippen molar-refractivity contribution in [1.82, 2.24) is 0 Å². The minimum atomic E-state index is -0.333. The van der Waals surface area contributed by atoms with Gasteiger partial charge >= 0.3 is 0 Å². The number of rotatable bonds is 3. The second-order valence-corrected chi connectivity index (χ2v) is 4.52. The van der Waals surface area contributed by atoms with Gasteiger partial charge in [-0.2, -0.15) is 0 Å². The van der Waals surface area contributed by atoms with Gasteiger partial charge in [0.25, 0.3) is 0 Å². The average molecular weight is 255 g/mol. The highest BCUT2D eigenvalue weighted by atomic mass is 16.1. The Morgan fingerprint density at radius 3 is 2.17 bits per heavy atom. The lowest BCUT2D eigenvalue weighted by atomic mass is 9.92. The van der Waals surface area contributed by atoms with Crippen LogP contribution in [0.25, 0.3) is 0 Å². The van der Waals surface area contributed by atoms with E-state index in [0.717, 1.165) is 18.2 Å². The highest BCUT2D eigenvalue weighted by Crippen LogP contribution is 2.31. The SMILES string of the molecule is CC(N)=O.CC/C=C/C(C)C1CCCC1.N=CN. The quantitative estimate of drug-likeness (QED) is 0.411. The van der Waals surface area contributed by atoms with Crippen LogP contribution in [0.15, 0.2) is 12.2 Å². The Kier molecular flexibility index (Phi) is 14.5. The van der Waals surface area contributed by atoms with Crippen molar-refractivity contribution in [2.45, 2.75) is 52.9 Å². The molecule has 0 saturated heterocycles. The molecular weight excluding hydrogens is 226 g/mol. The van der Waals surface area contributed by atoms with Crippen LogP contribution in [0.1, 0.15) is 52.9 Å². The van der Waals surface area contributed by atoms with Gasteiger partial charge in [0.05, 0.1) is 6.34 Å². The van der Waals surface area contributed by atoms with Crippen LogP contribution >= 0.6 is 0 Å². The topological polar surface area (TPSA) is 93.0 Å². The molecule has 1 atom stereocenters. The Morgan fingerprint density at radius 1 is 1.44 bits per heavy atom. The Bertz CT molecular complexity index is 229. The van der Waals surface area contributed by atoms with E-state index in [1.165, 1.54) is 39.0 Å². The molecule has 1 unspecified atom stereocenters. The molecule has 0 aromatic carbocycles. The number of primary amides is 1. The summed E-state index contributed by atoms with van der Waals surface area (Å²) >= 11 is 0. The van der Waals surface area contributed by atoms with E-state index in [1.54, 1.807) is 0 Å². The van der Waals surface area contributed by atoms with Crippen molar-refractivity contribution in [3.8, 4) is 0 Å². The number of amides is 1. The predicted molar refractivity (Wildman–Crippen MR) is 78.4 cm³/mol. The summed E-state index contributed by atoms with van der Waals surface area (Å²) in [6.07, 6.45) is 12.5. The Labute approximate surface area is 111 Å². The van der Waals surface area contributed by atoms with Crippen LogP contribution in [0.4, 0.5) is 0 Å². The van der Waals surface area contributed by atoms with E-state index in [9.17, 15) is 4.79 Å². The summed E-state index contributed by atoms with van der Waals surface area (Å²) in [6, 6.07) is 0. The van der Waals surface area contributed by atoms with E-state index < -0.39 is 0 Å². The monoisotopic (exact) mass is 255 g/mol. The van der Waals surface area contributed by atoms with Gasteiger partial charge in [0.15, 0.2) is 0 Å². The number of carbonyl (C=O) groups excluding carboxylic acids is 1. The maximum absolute atomic E-state index is 9.22. The highest BCUT2D eigenvalue weighted by molar-refractivity contribution is 5.70. The first-order chi connectivity index (χ1) is 8.49. The third kappa shape index (κ3) is 14.7. The maximum Gasteiger partial charge on any atom is 0.214 e. The molecule has 5 N–H and O–H groups in total. The molecule has 18 heavy (non-hydrogen) atoms. The van der Waals surface area contributed by atoms with Gasteiger partial charge in [0, 0.05) is 6.92 Å². The molecule has 1 aliphatic carbocycles. The summed E-state index contributed by atoms with van der Waals surface area (Å²) in [5.41, 5.74) is 8.86. The fraction of sp³-hybridized carbons (Fsp3) is 0.714. The molecule has 0 aliphatic heterocycles. The fourth-order valence-corrected chi connectivity index (χ4v) is 1.99. The molecule has 0 bridgehead atoms. The number of nitrogens with two attached hydrogens (primary N) is 2. The minimum Gasteiger partial charge on any atom is -0.390 e. The maximum atomic E-state index is 9.22. The van der Waals surface area contributed by atoms with Gasteiger partial charge < -0.3 is 11.5 Å². The molecule has 1 rings (SSSR count). The summed E-state index contributed by atoms with van der Waals surface area (Å²) in [5, 5.41) is 5.86. The lowest BCUT2D eigenvalue weighted by Crippen LogP contribution is -2.03. The zero-order valence-electron chi connectivity index (χ0n) is 12.0. The first kappa shape index (κ1) is 19.0. The molecule has 4 heteroatoms. The molecule has 4 nitrogen and oxygen atoms in total. The molecule has 0 heterocycles. The second kappa shape index (κ2) is 13.7. The zero-order chi connectivity index (χ0) is 14.4. The summed E-state index contributed by atoms with van der Waals surface area (Å²) in [4.78, 5) is 9.22. The van der Waals surface area contributed by atoms with Crippen LogP contribution < -0.4 is 11.5 Å². The number of carbonyl (C=O) groups is 1. The summed E-state index contributed by atoms with van der Waals surface area (Å²) in [6.45, 7) is 5.88. The average Bonchev–Trinajstić information content (AvgIpc) is 2.79. The minimum absolute atomic E-state index is 0.333. The molecule has 106 valence electrons. The molecule has 1 fully saturated rings. The second-order valence-electron chi connectivity index (χ2n) is 4.52. The lowest BCUT2D eigenvalue weighted by molar-refractivity contribution is -0.115. The number of hydrogen-bond donors (Lipinski definition) is 3. The largest absolute Gasteiger partial charge is 0.390 e. The molecule has 1 aliphatic rings.